The quantitative estimate of drug-likeness (QED) is 0.772. The minimum absolute atomic E-state index is 0.174. The van der Waals surface area contributed by atoms with E-state index in [0.29, 0.717) is 6.54 Å². The molecule has 0 fully saturated rings. The summed E-state index contributed by atoms with van der Waals surface area (Å²) < 4.78 is 4.87. The number of carbonyl (C=O) groups is 1. The molecule has 122 valence electrons. The molecule has 2 N–H and O–H groups in total. The number of esters is 1. The Balaban J connectivity index is 1.98. The summed E-state index contributed by atoms with van der Waals surface area (Å²) in [5, 5.41) is 12.6. The molecule has 4 heteroatoms. The highest BCUT2D eigenvalue weighted by molar-refractivity contribution is 5.77. The molecule has 0 bridgehead atoms. The Morgan fingerprint density at radius 1 is 1.09 bits per heavy atom. The maximum absolute atomic E-state index is 12.0. The molecule has 0 heterocycles. The van der Waals surface area contributed by atoms with Gasteiger partial charge in [0, 0.05) is 6.54 Å². The second-order valence-electron chi connectivity index (χ2n) is 5.42. The molecule has 0 aliphatic heterocycles. The summed E-state index contributed by atoms with van der Waals surface area (Å²) in [7, 11) is 1.38. The van der Waals surface area contributed by atoms with Crippen LogP contribution in [0.5, 0.6) is 5.75 Å². The summed E-state index contributed by atoms with van der Waals surface area (Å²) in [5.74, 6) is -0.162. The maximum Gasteiger partial charge on any atom is 0.327 e. The van der Waals surface area contributed by atoms with Crippen molar-refractivity contribution in [1.29, 1.82) is 0 Å². The van der Waals surface area contributed by atoms with Gasteiger partial charge in [-0.2, -0.15) is 0 Å². The number of benzene rings is 2. The van der Waals surface area contributed by atoms with Crippen molar-refractivity contribution in [3.63, 3.8) is 0 Å². The lowest BCUT2D eigenvalue weighted by atomic mass is 10.1. The number of aromatic hydroxyl groups is 1. The molecule has 2 rings (SSSR count). The van der Waals surface area contributed by atoms with Gasteiger partial charge in [-0.05, 0) is 41.7 Å². The summed E-state index contributed by atoms with van der Waals surface area (Å²) >= 11 is 0. The smallest absolute Gasteiger partial charge is 0.327 e. The number of ether oxygens (including phenoxy) is 1. The van der Waals surface area contributed by atoms with E-state index in [4.69, 9.17) is 4.74 Å². The van der Waals surface area contributed by atoms with Crippen molar-refractivity contribution >= 4 is 5.97 Å². The van der Waals surface area contributed by atoms with Crippen LogP contribution in [0.2, 0.25) is 0 Å². The van der Waals surface area contributed by atoms with Gasteiger partial charge in [0.15, 0.2) is 0 Å². The highest BCUT2D eigenvalue weighted by Crippen LogP contribution is 2.18. The van der Waals surface area contributed by atoms with E-state index < -0.39 is 6.04 Å². The summed E-state index contributed by atoms with van der Waals surface area (Å²) in [6.45, 7) is 2.79. The second kappa shape index (κ2) is 8.34. The first-order chi connectivity index (χ1) is 11.1. The molecule has 0 amide bonds. The first kappa shape index (κ1) is 17.0. The molecule has 0 radical (unpaired) electrons. The largest absolute Gasteiger partial charge is 0.508 e. The number of aryl methyl sites for hydroxylation is 1. The number of carbonyl (C=O) groups excluding carboxylic acids is 1. The van der Waals surface area contributed by atoms with Crippen molar-refractivity contribution in [2.75, 3.05) is 13.7 Å². The van der Waals surface area contributed by atoms with E-state index in [-0.39, 0.29) is 11.7 Å². The number of phenols is 1. The van der Waals surface area contributed by atoms with Crippen LogP contribution in [-0.4, -0.2) is 24.7 Å². The van der Waals surface area contributed by atoms with Crippen LogP contribution in [-0.2, 0) is 22.4 Å². The van der Waals surface area contributed by atoms with E-state index in [1.165, 1.54) is 18.2 Å². The molecule has 0 spiro atoms. The topological polar surface area (TPSA) is 58.6 Å². The van der Waals surface area contributed by atoms with Gasteiger partial charge >= 0.3 is 5.97 Å². The summed E-state index contributed by atoms with van der Waals surface area (Å²) in [6, 6.07) is 14.5. The zero-order valence-corrected chi connectivity index (χ0v) is 13.6. The van der Waals surface area contributed by atoms with Gasteiger partial charge in [-0.1, -0.05) is 43.3 Å². The molecule has 0 aliphatic carbocycles. The number of nitrogens with one attached hydrogen (secondary N) is 1. The van der Waals surface area contributed by atoms with Gasteiger partial charge in [0.05, 0.1) is 7.11 Å². The van der Waals surface area contributed by atoms with Crippen molar-refractivity contribution < 1.29 is 14.6 Å². The van der Waals surface area contributed by atoms with Gasteiger partial charge in [-0.15, -0.1) is 0 Å². The molecule has 0 aliphatic rings. The first-order valence-electron chi connectivity index (χ1n) is 7.82. The Hall–Kier alpha value is -2.33. The van der Waals surface area contributed by atoms with Gasteiger partial charge < -0.3 is 15.2 Å². The van der Waals surface area contributed by atoms with Crippen molar-refractivity contribution in [2.24, 2.45) is 0 Å². The van der Waals surface area contributed by atoms with Crippen LogP contribution >= 0.6 is 0 Å². The SMILES string of the molecule is CCc1ccc(CCNC(C(=O)OC)c2ccc(O)cc2)cc1. The fourth-order valence-corrected chi connectivity index (χ4v) is 2.42. The molecule has 2 aromatic carbocycles. The standard InChI is InChI=1S/C19H23NO3/c1-3-14-4-6-15(7-5-14)12-13-20-18(19(22)23-2)16-8-10-17(21)11-9-16/h4-11,18,20-21H,3,12-13H2,1-2H3. The maximum atomic E-state index is 12.0. The molecule has 23 heavy (non-hydrogen) atoms. The molecule has 0 aromatic heterocycles. The van der Waals surface area contributed by atoms with E-state index in [9.17, 15) is 9.90 Å². The number of rotatable bonds is 7. The predicted octanol–water partition coefficient (Wildman–Crippen LogP) is 3.00. The number of hydrogen-bond donors (Lipinski definition) is 2. The molecule has 2 aromatic rings. The van der Waals surface area contributed by atoms with Crippen LogP contribution in [0.25, 0.3) is 0 Å². The van der Waals surface area contributed by atoms with Crippen LogP contribution in [0, 0.1) is 0 Å². The average molecular weight is 313 g/mol. The lowest BCUT2D eigenvalue weighted by molar-refractivity contribution is -0.143. The second-order valence-corrected chi connectivity index (χ2v) is 5.42. The van der Waals surface area contributed by atoms with Crippen molar-refractivity contribution in [1.82, 2.24) is 5.32 Å². The zero-order chi connectivity index (χ0) is 16.7. The third-order valence-electron chi connectivity index (χ3n) is 3.86. The Kier molecular flexibility index (Phi) is 6.18. The van der Waals surface area contributed by atoms with Crippen LogP contribution in [0.15, 0.2) is 48.5 Å². The van der Waals surface area contributed by atoms with Crippen molar-refractivity contribution in [3.05, 3.63) is 65.2 Å². The van der Waals surface area contributed by atoms with Gasteiger partial charge in [0.1, 0.15) is 11.8 Å². The minimum Gasteiger partial charge on any atom is -0.508 e. The predicted molar refractivity (Wildman–Crippen MR) is 90.4 cm³/mol. The number of methoxy groups -OCH3 is 1. The molecule has 1 atom stereocenters. The summed E-state index contributed by atoms with van der Waals surface area (Å²) in [4.78, 5) is 12.0. The van der Waals surface area contributed by atoms with Gasteiger partial charge in [0.2, 0.25) is 0 Å². The monoisotopic (exact) mass is 313 g/mol. The van der Waals surface area contributed by atoms with Gasteiger partial charge in [-0.25, -0.2) is 4.79 Å². The molecule has 4 nitrogen and oxygen atoms in total. The van der Waals surface area contributed by atoms with Crippen molar-refractivity contribution in [3.8, 4) is 5.75 Å². The van der Waals surface area contributed by atoms with Crippen LogP contribution in [0.3, 0.4) is 0 Å². The lowest BCUT2D eigenvalue weighted by Gasteiger charge is -2.17. The van der Waals surface area contributed by atoms with Crippen molar-refractivity contribution in [2.45, 2.75) is 25.8 Å². The van der Waals surface area contributed by atoms with Crippen LogP contribution < -0.4 is 5.32 Å². The molecular weight excluding hydrogens is 290 g/mol. The number of phenolic OH excluding ortho intramolecular Hbond substituents is 1. The molecule has 0 saturated carbocycles. The lowest BCUT2D eigenvalue weighted by Crippen LogP contribution is -2.31. The Bertz CT molecular complexity index is 620. The average Bonchev–Trinajstić information content (AvgIpc) is 2.59. The molecule has 0 saturated heterocycles. The summed E-state index contributed by atoms with van der Waals surface area (Å²) in [6.07, 6.45) is 1.86. The fraction of sp³-hybridized carbons (Fsp3) is 0.316. The van der Waals surface area contributed by atoms with E-state index in [2.05, 4.69) is 36.5 Å². The van der Waals surface area contributed by atoms with Gasteiger partial charge in [0.25, 0.3) is 0 Å². The fourth-order valence-electron chi connectivity index (χ4n) is 2.42. The minimum atomic E-state index is -0.532. The molecule has 1 unspecified atom stereocenters. The highest BCUT2D eigenvalue weighted by atomic mass is 16.5. The normalized spacial score (nSPS) is 11.9. The molecular formula is C19H23NO3. The Morgan fingerprint density at radius 2 is 1.70 bits per heavy atom. The van der Waals surface area contributed by atoms with E-state index in [1.54, 1.807) is 24.3 Å². The highest BCUT2D eigenvalue weighted by Gasteiger charge is 2.20. The first-order valence-corrected chi connectivity index (χ1v) is 7.82. The van der Waals surface area contributed by atoms with E-state index >= 15 is 0 Å². The Labute approximate surface area is 137 Å². The van der Waals surface area contributed by atoms with Crippen LogP contribution in [0.1, 0.15) is 29.7 Å². The zero-order valence-electron chi connectivity index (χ0n) is 13.6. The van der Waals surface area contributed by atoms with Gasteiger partial charge in [-0.3, -0.25) is 0 Å². The third-order valence-corrected chi connectivity index (χ3v) is 3.86. The van der Waals surface area contributed by atoms with E-state index in [0.717, 1.165) is 18.4 Å². The Morgan fingerprint density at radius 3 is 2.26 bits per heavy atom. The third kappa shape index (κ3) is 4.83. The van der Waals surface area contributed by atoms with Crippen LogP contribution in [0.4, 0.5) is 0 Å². The van der Waals surface area contributed by atoms with E-state index in [1.807, 2.05) is 0 Å². The number of hydrogen-bond acceptors (Lipinski definition) is 4. The summed E-state index contributed by atoms with van der Waals surface area (Å²) in [5.41, 5.74) is 3.32.